The molecule has 0 aliphatic heterocycles. The molecule has 152 valence electrons. The highest BCUT2D eigenvalue weighted by Gasteiger charge is 2.31. The van der Waals surface area contributed by atoms with Gasteiger partial charge >= 0.3 is 6.36 Å². The van der Waals surface area contributed by atoms with E-state index in [1.54, 1.807) is 38.5 Å². The summed E-state index contributed by atoms with van der Waals surface area (Å²) in [6.07, 6.45) is -4.44. The number of hydrogen-bond acceptors (Lipinski definition) is 4. The van der Waals surface area contributed by atoms with Gasteiger partial charge < -0.3 is 25.3 Å². The van der Waals surface area contributed by atoms with Crippen molar-refractivity contribution in [3.8, 4) is 17.2 Å². The topological polar surface area (TPSA) is 78.1 Å². The molecule has 6 nitrogen and oxygen atoms in total. The van der Waals surface area contributed by atoms with E-state index in [0.29, 0.717) is 36.6 Å². The highest BCUT2D eigenvalue weighted by atomic mass is 19.4. The number of benzene rings is 2. The van der Waals surface area contributed by atoms with Crippen LogP contribution in [0.1, 0.15) is 11.1 Å². The highest BCUT2D eigenvalue weighted by Crippen LogP contribution is 2.28. The Balaban J connectivity index is 1.90. The average molecular weight is 397 g/mol. The fraction of sp³-hybridized carbons (Fsp3) is 0.316. The number of rotatable bonds is 8. The second-order valence-electron chi connectivity index (χ2n) is 5.72. The first-order valence-corrected chi connectivity index (χ1v) is 8.40. The van der Waals surface area contributed by atoms with E-state index in [1.165, 1.54) is 12.1 Å². The minimum absolute atomic E-state index is 0.184. The minimum atomic E-state index is -4.73. The molecule has 28 heavy (non-hydrogen) atoms. The molecule has 0 bridgehead atoms. The molecule has 0 radical (unpaired) electrons. The number of aliphatic imine (C=N–C) groups is 1. The van der Waals surface area contributed by atoms with Gasteiger partial charge in [0.15, 0.2) is 17.5 Å². The van der Waals surface area contributed by atoms with Gasteiger partial charge in [-0.3, -0.25) is 0 Å². The molecular weight excluding hydrogens is 375 g/mol. The fourth-order valence-electron chi connectivity index (χ4n) is 2.47. The van der Waals surface area contributed by atoms with E-state index < -0.39 is 6.36 Å². The molecule has 0 aliphatic rings. The van der Waals surface area contributed by atoms with E-state index in [2.05, 4.69) is 15.0 Å². The van der Waals surface area contributed by atoms with Crippen LogP contribution in [0, 0.1) is 0 Å². The van der Waals surface area contributed by atoms with Crippen LogP contribution in [0.5, 0.6) is 17.2 Å². The Kier molecular flexibility index (Phi) is 7.36. The summed E-state index contributed by atoms with van der Waals surface area (Å²) < 4.78 is 51.8. The third kappa shape index (κ3) is 6.57. The van der Waals surface area contributed by atoms with Gasteiger partial charge in [-0.2, -0.15) is 0 Å². The Hall–Kier alpha value is -3.10. The second kappa shape index (κ2) is 9.72. The SMILES string of the molecule is COc1ccc(CN=C(N)NCCc2ccccc2OC(F)(F)F)cc1OC. The summed E-state index contributed by atoms with van der Waals surface area (Å²) in [5, 5.41) is 2.88. The zero-order valence-electron chi connectivity index (χ0n) is 15.5. The van der Waals surface area contributed by atoms with Crippen molar-refractivity contribution in [3.63, 3.8) is 0 Å². The van der Waals surface area contributed by atoms with Crippen molar-refractivity contribution in [1.82, 2.24) is 5.32 Å². The first kappa shape index (κ1) is 21.2. The van der Waals surface area contributed by atoms with Crippen LogP contribution in [-0.4, -0.2) is 33.1 Å². The number of para-hydroxylation sites is 1. The third-order valence-corrected chi connectivity index (χ3v) is 3.78. The minimum Gasteiger partial charge on any atom is -0.493 e. The predicted molar refractivity (Wildman–Crippen MR) is 99.7 cm³/mol. The van der Waals surface area contributed by atoms with E-state index in [4.69, 9.17) is 15.2 Å². The lowest BCUT2D eigenvalue weighted by molar-refractivity contribution is -0.274. The number of nitrogens with one attached hydrogen (secondary N) is 1. The van der Waals surface area contributed by atoms with Gasteiger partial charge in [-0.05, 0) is 35.7 Å². The molecule has 0 aromatic heterocycles. The van der Waals surface area contributed by atoms with Crippen LogP contribution < -0.4 is 25.3 Å². The number of ether oxygens (including phenoxy) is 3. The molecule has 9 heteroatoms. The van der Waals surface area contributed by atoms with Gasteiger partial charge in [-0.1, -0.05) is 24.3 Å². The lowest BCUT2D eigenvalue weighted by atomic mass is 10.1. The Morgan fingerprint density at radius 2 is 1.75 bits per heavy atom. The van der Waals surface area contributed by atoms with Crippen molar-refractivity contribution >= 4 is 5.96 Å². The van der Waals surface area contributed by atoms with E-state index in [9.17, 15) is 13.2 Å². The van der Waals surface area contributed by atoms with Crippen LogP contribution in [0.3, 0.4) is 0 Å². The van der Waals surface area contributed by atoms with Gasteiger partial charge in [-0.15, -0.1) is 13.2 Å². The summed E-state index contributed by atoms with van der Waals surface area (Å²) in [6.45, 7) is 0.618. The first-order valence-electron chi connectivity index (χ1n) is 8.40. The normalized spacial score (nSPS) is 11.8. The number of nitrogens with zero attached hydrogens (tertiary/aromatic N) is 1. The van der Waals surface area contributed by atoms with Gasteiger partial charge in [0.25, 0.3) is 0 Å². The Bertz CT molecular complexity index is 810. The molecule has 0 unspecified atom stereocenters. The Labute approximate surface area is 161 Å². The summed E-state index contributed by atoms with van der Waals surface area (Å²) in [4.78, 5) is 4.21. The number of halogens is 3. The fourth-order valence-corrected chi connectivity index (χ4v) is 2.47. The van der Waals surface area contributed by atoms with Gasteiger partial charge in [0.05, 0.1) is 20.8 Å². The number of methoxy groups -OCH3 is 2. The molecular formula is C19H22F3N3O3. The standard InChI is InChI=1S/C19H22F3N3O3/c1-26-16-8-7-13(11-17(16)27-2)12-25-18(23)24-10-9-14-5-3-4-6-15(14)28-19(20,21)22/h3-8,11H,9-10,12H2,1-2H3,(H3,23,24,25). The lowest BCUT2D eigenvalue weighted by Crippen LogP contribution is -2.33. The zero-order valence-corrected chi connectivity index (χ0v) is 15.5. The summed E-state index contributed by atoms with van der Waals surface area (Å²) in [7, 11) is 3.09. The molecule has 0 heterocycles. The first-order chi connectivity index (χ1) is 13.3. The zero-order chi connectivity index (χ0) is 20.6. The largest absolute Gasteiger partial charge is 0.573 e. The third-order valence-electron chi connectivity index (χ3n) is 3.78. The van der Waals surface area contributed by atoms with Crippen LogP contribution in [-0.2, 0) is 13.0 Å². The molecule has 0 aliphatic carbocycles. The van der Waals surface area contributed by atoms with Crippen molar-refractivity contribution < 1.29 is 27.4 Å². The second-order valence-corrected chi connectivity index (χ2v) is 5.72. The number of hydrogen-bond donors (Lipinski definition) is 2. The van der Waals surface area contributed by atoms with E-state index >= 15 is 0 Å². The summed E-state index contributed by atoms with van der Waals surface area (Å²) in [5.41, 5.74) is 7.11. The maximum Gasteiger partial charge on any atom is 0.573 e. The van der Waals surface area contributed by atoms with Crippen LogP contribution in [0.4, 0.5) is 13.2 Å². The van der Waals surface area contributed by atoms with Gasteiger partial charge in [-0.25, -0.2) is 4.99 Å². The van der Waals surface area contributed by atoms with Crippen LogP contribution >= 0.6 is 0 Å². The maximum absolute atomic E-state index is 12.4. The molecule has 0 saturated heterocycles. The predicted octanol–water partition coefficient (Wildman–Crippen LogP) is 3.25. The van der Waals surface area contributed by atoms with Crippen molar-refractivity contribution in [3.05, 3.63) is 53.6 Å². The van der Waals surface area contributed by atoms with Crippen molar-refractivity contribution in [2.45, 2.75) is 19.3 Å². The molecule has 0 amide bonds. The summed E-state index contributed by atoms with van der Waals surface area (Å²) in [5.74, 6) is 1.16. The molecule has 2 aromatic rings. The number of nitrogens with two attached hydrogens (primary N) is 1. The lowest BCUT2D eigenvalue weighted by Gasteiger charge is -2.13. The summed E-state index contributed by atoms with van der Waals surface area (Å²) in [6, 6.07) is 11.4. The van der Waals surface area contributed by atoms with E-state index in [-0.39, 0.29) is 11.7 Å². The summed E-state index contributed by atoms with van der Waals surface area (Å²) >= 11 is 0. The molecule has 0 spiro atoms. The molecule has 2 aromatic carbocycles. The smallest absolute Gasteiger partial charge is 0.493 e. The quantitative estimate of drug-likeness (QED) is 0.528. The van der Waals surface area contributed by atoms with Crippen molar-refractivity contribution in [2.75, 3.05) is 20.8 Å². The van der Waals surface area contributed by atoms with Gasteiger partial charge in [0.1, 0.15) is 5.75 Å². The molecule has 0 atom stereocenters. The number of guanidine groups is 1. The van der Waals surface area contributed by atoms with Crippen LogP contribution in [0.2, 0.25) is 0 Å². The Morgan fingerprint density at radius 3 is 2.43 bits per heavy atom. The molecule has 2 rings (SSSR count). The maximum atomic E-state index is 12.4. The number of alkyl halides is 3. The van der Waals surface area contributed by atoms with Crippen molar-refractivity contribution in [1.29, 1.82) is 0 Å². The molecule has 0 fully saturated rings. The Morgan fingerprint density at radius 1 is 1.04 bits per heavy atom. The van der Waals surface area contributed by atoms with Crippen LogP contribution in [0.25, 0.3) is 0 Å². The highest BCUT2D eigenvalue weighted by molar-refractivity contribution is 5.77. The van der Waals surface area contributed by atoms with E-state index in [1.807, 2.05) is 6.07 Å². The monoisotopic (exact) mass is 397 g/mol. The average Bonchev–Trinajstić information content (AvgIpc) is 2.66. The van der Waals surface area contributed by atoms with Crippen molar-refractivity contribution in [2.24, 2.45) is 10.7 Å². The molecule has 3 N–H and O–H groups in total. The van der Waals surface area contributed by atoms with E-state index in [0.717, 1.165) is 5.56 Å². The van der Waals surface area contributed by atoms with Gasteiger partial charge in [0, 0.05) is 6.54 Å². The molecule has 0 saturated carbocycles. The van der Waals surface area contributed by atoms with Gasteiger partial charge in [0.2, 0.25) is 0 Å². The van der Waals surface area contributed by atoms with Crippen LogP contribution in [0.15, 0.2) is 47.5 Å².